The van der Waals surface area contributed by atoms with Gasteiger partial charge in [-0.3, -0.25) is 0 Å². The van der Waals surface area contributed by atoms with Crippen LogP contribution in [0.15, 0.2) is 0 Å². The van der Waals surface area contributed by atoms with E-state index in [0.29, 0.717) is 6.04 Å². The van der Waals surface area contributed by atoms with E-state index >= 15 is 0 Å². The SMILES string of the molecule is C#CCCCC(NC)C1(OC)CCC(C)CC1. The van der Waals surface area contributed by atoms with Crippen LogP contribution in [0.25, 0.3) is 0 Å². The Balaban J connectivity index is 2.59. The van der Waals surface area contributed by atoms with Crippen LogP contribution in [0.2, 0.25) is 0 Å². The van der Waals surface area contributed by atoms with Gasteiger partial charge in [-0.1, -0.05) is 6.92 Å². The highest BCUT2D eigenvalue weighted by Gasteiger charge is 2.40. The minimum absolute atomic E-state index is 0.0376. The molecule has 1 fully saturated rings. The first-order chi connectivity index (χ1) is 8.18. The second-order valence-corrected chi connectivity index (χ2v) is 5.39. The van der Waals surface area contributed by atoms with E-state index in [1.165, 1.54) is 25.7 Å². The zero-order valence-corrected chi connectivity index (χ0v) is 11.6. The van der Waals surface area contributed by atoms with Crippen molar-refractivity contribution in [1.29, 1.82) is 0 Å². The van der Waals surface area contributed by atoms with Crippen LogP contribution in [0.3, 0.4) is 0 Å². The van der Waals surface area contributed by atoms with E-state index in [0.717, 1.165) is 25.2 Å². The molecule has 1 aliphatic carbocycles. The van der Waals surface area contributed by atoms with Crippen molar-refractivity contribution in [3.05, 3.63) is 0 Å². The molecule has 1 rings (SSSR count). The lowest BCUT2D eigenvalue weighted by Crippen LogP contribution is -2.52. The molecular formula is C15H27NO. The van der Waals surface area contributed by atoms with Crippen LogP contribution in [0.1, 0.15) is 51.9 Å². The third kappa shape index (κ3) is 3.72. The van der Waals surface area contributed by atoms with Gasteiger partial charge in [-0.15, -0.1) is 12.3 Å². The lowest BCUT2D eigenvalue weighted by atomic mass is 9.74. The molecule has 1 atom stereocenters. The Morgan fingerprint density at radius 1 is 1.47 bits per heavy atom. The van der Waals surface area contributed by atoms with Gasteiger partial charge in [0, 0.05) is 19.6 Å². The average molecular weight is 237 g/mol. The zero-order chi connectivity index (χ0) is 12.7. The van der Waals surface area contributed by atoms with Gasteiger partial charge in [-0.05, 0) is 51.5 Å². The van der Waals surface area contributed by atoms with E-state index < -0.39 is 0 Å². The summed E-state index contributed by atoms with van der Waals surface area (Å²) in [6.45, 7) is 2.34. The average Bonchev–Trinajstić information content (AvgIpc) is 2.37. The molecule has 2 nitrogen and oxygen atoms in total. The highest BCUT2D eigenvalue weighted by Crippen LogP contribution is 2.38. The minimum atomic E-state index is 0.0376. The molecule has 0 aliphatic heterocycles. The summed E-state index contributed by atoms with van der Waals surface area (Å²) in [5.41, 5.74) is 0.0376. The fourth-order valence-corrected chi connectivity index (χ4v) is 3.02. The molecular weight excluding hydrogens is 210 g/mol. The van der Waals surface area contributed by atoms with Crippen molar-refractivity contribution in [2.45, 2.75) is 63.5 Å². The standard InChI is InChI=1S/C15H27NO/c1-5-6-7-8-14(16-3)15(17-4)11-9-13(2)10-12-15/h1,13-14,16H,6-12H2,2-4H3. The fourth-order valence-electron chi connectivity index (χ4n) is 3.02. The summed E-state index contributed by atoms with van der Waals surface area (Å²) in [5, 5.41) is 3.44. The summed E-state index contributed by atoms with van der Waals surface area (Å²) >= 11 is 0. The second-order valence-electron chi connectivity index (χ2n) is 5.39. The van der Waals surface area contributed by atoms with Crippen molar-refractivity contribution in [2.24, 2.45) is 5.92 Å². The first kappa shape index (κ1) is 14.5. The van der Waals surface area contributed by atoms with Crippen molar-refractivity contribution in [3.8, 4) is 12.3 Å². The van der Waals surface area contributed by atoms with Crippen LogP contribution in [-0.2, 0) is 4.74 Å². The number of terminal acetylenes is 1. The van der Waals surface area contributed by atoms with Crippen LogP contribution in [0.5, 0.6) is 0 Å². The van der Waals surface area contributed by atoms with Crippen LogP contribution >= 0.6 is 0 Å². The quantitative estimate of drug-likeness (QED) is 0.566. The van der Waals surface area contributed by atoms with E-state index in [1.807, 2.05) is 14.2 Å². The Hall–Kier alpha value is -0.520. The number of hydrogen-bond acceptors (Lipinski definition) is 2. The maximum Gasteiger partial charge on any atom is 0.0831 e. The van der Waals surface area contributed by atoms with Gasteiger partial charge in [0.15, 0.2) is 0 Å². The predicted octanol–water partition coefficient (Wildman–Crippen LogP) is 2.97. The molecule has 0 aromatic rings. The first-order valence-electron chi connectivity index (χ1n) is 6.84. The molecule has 1 N–H and O–H groups in total. The minimum Gasteiger partial charge on any atom is -0.377 e. The molecule has 1 aliphatic rings. The third-order valence-corrected chi connectivity index (χ3v) is 4.32. The summed E-state index contributed by atoms with van der Waals surface area (Å²) in [6.07, 6.45) is 13.3. The van der Waals surface area contributed by atoms with E-state index in [1.54, 1.807) is 0 Å². The van der Waals surface area contributed by atoms with Gasteiger partial charge >= 0.3 is 0 Å². The van der Waals surface area contributed by atoms with Gasteiger partial charge in [0.1, 0.15) is 0 Å². The van der Waals surface area contributed by atoms with Gasteiger partial charge < -0.3 is 10.1 Å². The summed E-state index contributed by atoms with van der Waals surface area (Å²) in [4.78, 5) is 0. The Morgan fingerprint density at radius 2 is 2.12 bits per heavy atom. The van der Waals surface area contributed by atoms with Gasteiger partial charge in [0.25, 0.3) is 0 Å². The molecule has 0 bridgehead atoms. The van der Waals surface area contributed by atoms with Crippen LogP contribution in [0, 0.1) is 18.3 Å². The van der Waals surface area contributed by atoms with Crippen molar-refractivity contribution in [1.82, 2.24) is 5.32 Å². The Morgan fingerprint density at radius 3 is 2.59 bits per heavy atom. The van der Waals surface area contributed by atoms with Gasteiger partial charge in [-0.2, -0.15) is 0 Å². The monoisotopic (exact) mass is 237 g/mol. The van der Waals surface area contributed by atoms with Crippen LogP contribution < -0.4 is 5.32 Å². The number of likely N-dealkylation sites (N-methyl/N-ethyl adjacent to an activating group) is 1. The molecule has 1 unspecified atom stereocenters. The van der Waals surface area contributed by atoms with Crippen molar-refractivity contribution >= 4 is 0 Å². The zero-order valence-electron chi connectivity index (χ0n) is 11.6. The molecule has 0 aromatic heterocycles. The molecule has 0 saturated heterocycles. The molecule has 0 heterocycles. The molecule has 2 heteroatoms. The van der Waals surface area contributed by atoms with Gasteiger partial charge in [-0.25, -0.2) is 0 Å². The first-order valence-corrected chi connectivity index (χ1v) is 6.84. The molecule has 0 spiro atoms. The molecule has 0 aromatic carbocycles. The summed E-state index contributed by atoms with van der Waals surface area (Å²) in [7, 11) is 3.90. The topological polar surface area (TPSA) is 21.3 Å². The lowest BCUT2D eigenvalue weighted by Gasteiger charge is -2.44. The molecule has 0 radical (unpaired) electrons. The van der Waals surface area contributed by atoms with E-state index in [2.05, 4.69) is 18.2 Å². The van der Waals surface area contributed by atoms with Crippen molar-refractivity contribution in [3.63, 3.8) is 0 Å². The number of ether oxygens (including phenoxy) is 1. The Kier molecular flexibility index (Phi) is 6.02. The predicted molar refractivity (Wildman–Crippen MR) is 72.9 cm³/mol. The second kappa shape index (κ2) is 7.03. The van der Waals surface area contributed by atoms with Crippen molar-refractivity contribution in [2.75, 3.05) is 14.2 Å². The number of nitrogens with one attached hydrogen (secondary N) is 1. The largest absolute Gasteiger partial charge is 0.377 e. The fraction of sp³-hybridized carbons (Fsp3) is 0.867. The van der Waals surface area contributed by atoms with Crippen molar-refractivity contribution < 1.29 is 4.74 Å². The van der Waals surface area contributed by atoms with E-state index in [9.17, 15) is 0 Å². The number of rotatable bonds is 6. The third-order valence-electron chi connectivity index (χ3n) is 4.32. The van der Waals surface area contributed by atoms with Crippen LogP contribution in [-0.4, -0.2) is 25.8 Å². The maximum atomic E-state index is 5.90. The number of unbranched alkanes of at least 4 members (excludes halogenated alkanes) is 1. The highest BCUT2D eigenvalue weighted by atomic mass is 16.5. The lowest BCUT2D eigenvalue weighted by molar-refractivity contribution is -0.0751. The Bertz CT molecular complexity index is 248. The number of methoxy groups -OCH3 is 1. The van der Waals surface area contributed by atoms with Crippen LogP contribution in [0.4, 0.5) is 0 Å². The summed E-state index contributed by atoms with van der Waals surface area (Å²) < 4.78 is 5.90. The smallest absolute Gasteiger partial charge is 0.0831 e. The summed E-state index contributed by atoms with van der Waals surface area (Å²) in [6, 6.07) is 0.438. The number of hydrogen-bond donors (Lipinski definition) is 1. The molecule has 98 valence electrons. The maximum absolute atomic E-state index is 5.90. The Labute approximate surface area is 107 Å². The highest BCUT2D eigenvalue weighted by molar-refractivity contribution is 4.96. The van der Waals surface area contributed by atoms with E-state index in [4.69, 9.17) is 11.2 Å². The van der Waals surface area contributed by atoms with Gasteiger partial charge in [0.05, 0.1) is 5.60 Å². The molecule has 17 heavy (non-hydrogen) atoms. The molecule has 0 amide bonds. The normalized spacial score (nSPS) is 30.8. The van der Waals surface area contributed by atoms with E-state index in [-0.39, 0.29) is 5.60 Å². The molecule has 1 saturated carbocycles. The summed E-state index contributed by atoms with van der Waals surface area (Å²) in [5.74, 6) is 3.57. The van der Waals surface area contributed by atoms with Gasteiger partial charge in [0.2, 0.25) is 0 Å².